The number of hydrogen-bond donors (Lipinski definition) is 1. The summed E-state index contributed by atoms with van der Waals surface area (Å²) in [5.41, 5.74) is 1.28. The molecule has 2 amide bonds. The van der Waals surface area contributed by atoms with Crippen molar-refractivity contribution in [1.82, 2.24) is 4.90 Å². The van der Waals surface area contributed by atoms with E-state index in [-0.39, 0.29) is 24.8 Å². The SMILES string of the molecule is O=C(CCN1C(=O)/C(=C/c2ccccc2Cl)SC1=S)Nc1ccccc1Cl. The van der Waals surface area contributed by atoms with Gasteiger partial charge >= 0.3 is 0 Å². The van der Waals surface area contributed by atoms with Crippen molar-refractivity contribution in [2.24, 2.45) is 0 Å². The van der Waals surface area contributed by atoms with E-state index in [1.54, 1.807) is 36.4 Å². The second-order valence-electron chi connectivity index (χ2n) is 5.63. The molecule has 0 saturated carbocycles. The van der Waals surface area contributed by atoms with Gasteiger partial charge in [0.25, 0.3) is 5.91 Å². The molecule has 8 heteroatoms. The first-order chi connectivity index (χ1) is 13.0. The Kier molecular flexibility index (Phi) is 6.55. The zero-order valence-corrected chi connectivity index (χ0v) is 17.1. The summed E-state index contributed by atoms with van der Waals surface area (Å²) in [5.74, 6) is -0.470. The molecule has 0 bridgehead atoms. The molecule has 0 radical (unpaired) electrons. The Balaban J connectivity index is 1.63. The van der Waals surface area contributed by atoms with Crippen LogP contribution in [0.4, 0.5) is 5.69 Å². The number of halogens is 2. The summed E-state index contributed by atoms with van der Waals surface area (Å²) in [7, 11) is 0. The molecule has 1 aliphatic rings. The van der Waals surface area contributed by atoms with E-state index in [1.165, 1.54) is 16.7 Å². The quantitative estimate of drug-likeness (QED) is 0.515. The highest BCUT2D eigenvalue weighted by Crippen LogP contribution is 2.33. The lowest BCUT2D eigenvalue weighted by Gasteiger charge is -2.14. The Morgan fingerprint density at radius 2 is 1.78 bits per heavy atom. The van der Waals surface area contributed by atoms with Crippen molar-refractivity contribution in [3.63, 3.8) is 0 Å². The van der Waals surface area contributed by atoms with E-state index >= 15 is 0 Å². The average molecular weight is 437 g/mol. The monoisotopic (exact) mass is 436 g/mol. The molecule has 2 aromatic rings. The minimum Gasteiger partial charge on any atom is -0.325 e. The number of thiocarbonyl (C=S) groups is 1. The molecule has 2 aromatic carbocycles. The number of thioether (sulfide) groups is 1. The predicted octanol–water partition coefficient (Wildman–Crippen LogP) is 5.22. The molecule has 1 saturated heterocycles. The number of amides is 2. The summed E-state index contributed by atoms with van der Waals surface area (Å²) in [6.07, 6.45) is 1.82. The largest absolute Gasteiger partial charge is 0.325 e. The number of carbonyl (C=O) groups excluding carboxylic acids is 2. The molecular formula is C19H14Cl2N2O2S2. The summed E-state index contributed by atoms with van der Waals surface area (Å²) >= 11 is 18.7. The van der Waals surface area contributed by atoms with Gasteiger partial charge in [0.1, 0.15) is 4.32 Å². The van der Waals surface area contributed by atoms with Gasteiger partial charge in [-0.2, -0.15) is 0 Å². The highest BCUT2D eigenvalue weighted by Gasteiger charge is 2.32. The van der Waals surface area contributed by atoms with Gasteiger partial charge in [-0.15, -0.1) is 0 Å². The molecule has 0 atom stereocenters. The Bertz CT molecular complexity index is 947. The molecule has 0 unspecified atom stereocenters. The summed E-state index contributed by atoms with van der Waals surface area (Å²) in [6.45, 7) is 0.195. The van der Waals surface area contributed by atoms with Crippen molar-refractivity contribution in [3.8, 4) is 0 Å². The van der Waals surface area contributed by atoms with Gasteiger partial charge in [-0.25, -0.2) is 0 Å². The highest BCUT2D eigenvalue weighted by molar-refractivity contribution is 8.26. The Morgan fingerprint density at radius 3 is 2.48 bits per heavy atom. The van der Waals surface area contributed by atoms with Crippen molar-refractivity contribution in [2.75, 3.05) is 11.9 Å². The van der Waals surface area contributed by atoms with E-state index < -0.39 is 0 Å². The van der Waals surface area contributed by atoms with Crippen LogP contribution in [-0.4, -0.2) is 27.6 Å². The Labute approximate surface area is 176 Å². The average Bonchev–Trinajstić information content (AvgIpc) is 2.90. The van der Waals surface area contributed by atoms with Crippen LogP contribution >= 0.6 is 47.2 Å². The summed E-state index contributed by atoms with van der Waals surface area (Å²) in [6, 6.07) is 14.2. The fraction of sp³-hybridized carbons (Fsp3) is 0.105. The van der Waals surface area contributed by atoms with E-state index in [0.717, 1.165) is 5.56 Å². The van der Waals surface area contributed by atoms with Gasteiger partial charge in [0.15, 0.2) is 0 Å². The predicted molar refractivity (Wildman–Crippen MR) is 116 cm³/mol. The molecule has 4 nitrogen and oxygen atoms in total. The van der Waals surface area contributed by atoms with Crippen molar-refractivity contribution in [2.45, 2.75) is 6.42 Å². The van der Waals surface area contributed by atoms with Crippen LogP contribution in [0.1, 0.15) is 12.0 Å². The van der Waals surface area contributed by atoms with E-state index in [4.69, 9.17) is 35.4 Å². The van der Waals surface area contributed by atoms with Crippen LogP contribution in [-0.2, 0) is 9.59 Å². The summed E-state index contributed by atoms with van der Waals surface area (Å²) < 4.78 is 0.420. The fourth-order valence-corrected chi connectivity index (χ4v) is 4.09. The van der Waals surface area contributed by atoms with E-state index in [2.05, 4.69) is 5.32 Å². The maximum Gasteiger partial charge on any atom is 0.266 e. The van der Waals surface area contributed by atoms with Crippen molar-refractivity contribution >= 4 is 75.1 Å². The van der Waals surface area contributed by atoms with Gasteiger partial charge in [-0.1, -0.05) is 77.5 Å². The molecular weight excluding hydrogens is 423 g/mol. The van der Waals surface area contributed by atoms with Gasteiger partial charge < -0.3 is 5.32 Å². The number of anilines is 1. The normalized spacial score (nSPS) is 15.5. The number of para-hydroxylation sites is 1. The molecule has 0 aromatic heterocycles. The van der Waals surface area contributed by atoms with Crippen LogP contribution in [0.15, 0.2) is 53.4 Å². The smallest absolute Gasteiger partial charge is 0.266 e. The van der Waals surface area contributed by atoms with Crippen molar-refractivity contribution < 1.29 is 9.59 Å². The van der Waals surface area contributed by atoms with Gasteiger partial charge in [-0.3, -0.25) is 14.5 Å². The number of benzene rings is 2. The first kappa shape index (κ1) is 19.9. The molecule has 27 heavy (non-hydrogen) atoms. The van der Waals surface area contributed by atoms with Gasteiger partial charge in [0, 0.05) is 18.0 Å². The summed E-state index contributed by atoms with van der Waals surface area (Å²) in [5, 5.41) is 3.75. The zero-order chi connectivity index (χ0) is 19.4. The molecule has 1 aliphatic heterocycles. The molecule has 1 N–H and O–H groups in total. The minimum absolute atomic E-state index is 0.108. The first-order valence-corrected chi connectivity index (χ1v) is 9.98. The van der Waals surface area contributed by atoms with Gasteiger partial charge in [-0.05, 0) is 29.8 Å². The number of rotatable bonds is 5. The van der Waals surface area contributed by atoms with Crippen LogP contribution in [0, 0.1) is 0 Å². The van der Waals surface area contributed by atoms with Gasteiger partial charge in [0.2, 0.25) is 5.91 Å². The first-order valence-electron chi connectivity index (χ1n) is 8.00. The number of carbonyl (C=O) groups is 2. The maximum atomic E-state index is 12.6. The topological polar surface area (TPSA) is 49.4 Å². The van der Waals surface area contributed by atoms with Crippen LogP contribution in [0.25, 0.3) is 6.08 Å². The van der Waals surface area contributed by atoms with Crippen molar-refractivity contribution in [3.05, 3.63) is 69.0 Å². The second kappa shape index (κ2) is 8.89. The third-order valence-corrected chi connectivity index (χ3v) is 5.83. The Hall–Kier alpha value is -1.86. The van der Waals surface area contributed by atoms with Crippen LogP contribution in [0.3, 0.4) is 0 Å². The lowest BCUT2D eigenvalue weighted by Crippen LogP contribution is -2.31. The number of nitrogens with zero attached hydrogens (tertiary/aromatic N) is 1. The molecule has 138 valence electrons. The standard InChI is InChI=1S/C19H14Cl2N2O2S2/c20-13-6-2-1-5-12(13)11-16-18(25)23(19(26)27-16)10-9-17(24)22-15-8-4-3-7-14(15)21/h1-8,11H,9-10H2,(H,22,24)/b16-11-. The molecule has 0 aliphatic carbocycles. The second-order valence-corrected chi connectivity index (χ2v) is 8.12. The minimum atomic E-state index is -0.243. The summed E-state index contributed by atoms with van der Waals surface area (Å²) in [4.78, 5) is 26.7. The van der Waals surface area contributed by atoms with Crippen LogP contribution < -0.4 is 5.32 Å². The van der Waals surface area contributed by atoms with E-state index in [1.807, 2.05) is 18.2 Å². The van der Waals surface area contributed by atoms with Gasteiger partial charge in [0.05, 0.1) is 15.6 Å². The number of hydrogen-bond acceptors (Lipinski definition) is 4. The Morgan fingerprint density at radius 1 is 1.11 bits per heavy atom. The van der Waals surface area contributed by atoms with Crippen LogP contribution in [0.2, 0.25) is 10.0 Å². The lowest BCUT2D eigenvalue weighted by molar-refractivity contribution is -0.122. The molecule has 3 rings (SSSR count). The highest BCUT2D eigenvalue weighted by atomic mass is 35.5. The third-order valence-electron chi connectivity index (χ3n) is 3.78. The lowest BCUT2D eigenvalue weighted by atomic mass is 10.2. The fourth-order valence-electron chi connectivity index (χ4n) is 2.41. The number of nitrogens with one attached hydrogen (secondary N) is 1. The van der Waals surface area contributed by atoms with Crippen molar-refractivity contribution in [1.29, 1.82) is 0 Å². The van der Waals surface area contributed by atoms with Crippen LogP contribution in [0.5, 0.6) is 0 Å². The zero-order valence-electron chi connectivity index (χ0n) is 13.9. The van der Waals surface area contributed by atoms with E-state index in [0.29, 0.717) is 25.0 Å². The maximum absolute atomic E-state index is 12.6. The molecule has 0 spiro atoms. The molecule has 1 fully saturated rings. The third kappa shape index (κ3) is 4.90. The molecule has 1 heterocycles. The van der Waals surface area contributed by atoms with E-state index in [9.17, 15) is 9.59 Å².